The van der Waals surface area contributed by atoms with E-state index < -0.39 is 35.6 Å². The van der Waals surface area contributed by atoms with Crippen LogP contribution in [0.1, 0.15) is 0 Å². The molecule has 0 aliphatic rings. The Labute approximate surface area is 121 Å². The zero-order valence-electron chi connectivity index (χ0n) is 6.61. The van der Waals surface area contributed by atoms with Crippen LogP contribution in [0.5, 0.6) is 0 Å². The molecule has 0 heterocycles. The van der Waals surface area contributed by atoms with Crippen LogP contribution in [0.25, 0.3) is 0 Å². The van der Waals surface area contributed by atoms with Crippen LogP contribution in [0, 0.1) is 0 Å². The number of rotatable bonds is 2. The molecule has 0 unspecified atom stereocenters. The third kappa shape index (κ3) is 7.20. The van der Waals surface area contributed by atoms with Gasteiger partial charge in [-0.1, -0.05) is 0 Å². The number of carbonyl (C=O) groups is 2. The molecule has 0 fully saturated rings. The Morgan fingerprint density at radius 1 is 0.800 bits per heavy atom. The fraction of sp³-hybridized carbons (Fsp3) is 0.500. The van der Waals surface area contributed by atoms with E-state index in [1.54, 1.807) is 0 Å². The van der Waals surface area contributed by atoms with E-state index in [2.05, 4.69) is 7.53 Å². The summed E-state index contributed by atoms with van der Waals surface area (Å²) in [5.74, 6) is -2.27. The van der Waals surface area contributed by atoms with Crippen molar-refractivity contribution >= 4 is 97.6 Å². The van der Waals surface area contributed by atoms with Crippen molar-refractivity contribution in [3.05, 3.63) is 0 Å². The molecule has 15 heavy (non-hydrogen) atoms. The topological polar surface area (TPSA) is 52.6 Å². The monoisotopic (exact) mass is 398 g/mol. The predicted octanol–water partition coefficient (Wildman–Crippen LogP) is 1.81. The van der Waals surface area contributed by atoms with Crippen LogP contribution >= 0.6 is 69.6 Å². The molecule has 11 heteroatoms. The second-order valence-electron chi connectivity index (χ2n) is 1.98. The summed E-state index contributed by atoms with van der Waals surface area (Å²) < 4.78 is 4.39. The van der Waals surface area contributed by atoms with Gasteiger partial charge in [-0.25, -0.2) is 0 Å². The van der Waals surface area contributed by atoms with E-state index in [4.69, 9.17) is 69.6 Å². The Morgan fingerprint density at radius 3 is 1.27 bits per heavy atom. The van der Waals surface area contributed by atoms with E-state index in [0.29, 0.717) is 0 Å². The maximum atomic E-state index is 10.8. The fourth-order valence-electron chi connectivity index (χ4n) is 0.300. The van der Waals surface area contributed by atoms with Crippen molar-refractivity contribution in [1.82, 2.24) is 0 Å². The molecular weight excluding hydrogens is 397 g/mol. The summed E-state index contributed by atoms with van der Waals surface area (Å²) >= 11 is 28.5. The van der Waals surface area contributed by atoms with Gasteiger partial charge in [-0.3, -0.25) is 0 Å². The molecule has 0 rings (SSSR count). The molecule has 0 N–H and O–H groups in total. The molecule has 0 amide bonds. The van der Waals surface area contributed by atoms with Crippen LogP contribution < -0.4 is 0 Å². The van der Waals surface area contributed by atoms with E-state index in [-0.39, 0.29) is 0 Å². The third-order valence-electron chi connectivity index (χ3n) is 0.843. The SMILES string of the molecule is O=C([O][GeH2][O]C(=O)C(Cl)(Cl)Cl)C(Cl)(Cl)Cl. The molecule has 0 atom stereocenters. The van der Waals surface area contributed by atoms with E-state index in [1.807, 2.05) is 0 Å². The van der Waals surface area contributed by atoms with Crippen molar-refractivity contribution in [3.8, 4) is 0 Å². The molecule has 4 nitrogen and oxygen atoms in total. The molecule has 0 aromatic carbocycles. The molecule has 0 saturated heterocycles. The van der Waals surface area contributed by atoms with Crippen molar-refractivity contribution < 1.29 is 17.1 Å². The second-order valence-corrected chi connectivity index (χ2v) is 8.25. The number of hydrogen-bond donors (Lipinski definition) is 0. The van der Waals surface area contributed by atoms with Crippen LogP contribution in [0.4, 0.5) is 0 Å². The quantitative estimate of drug-likeness (QED) is 0.525. The molecule has 0 spiro atoms. The summed E-state index contributed by atoms with van der Waals surface area (Å²) in [6, 6.07) is 0. The summed E-state index contributed by atoms with van der Waals surface area (Å²) in [4.78, 5) is 21.7. The van der Waals surface area contributed by atoms with Crippen LogP contribution in [0.2, 0.25) is 0 Å². The van der Waals surface area contributed by atoms with Gasteiger partial charge in [-0.2, -0.15) is 0 Å². The molecule has 0 aromatic heterocycles. The first-order valence-electron chi connectivity index (χ1n) is 3.03. The van der Waals surface area contributed by atoms with Gasteiger partial charge in [0.25, 0.3) is 0 Å². The minimum absolute atomic E-state index is 1.13. The summed E-state index contributed by atoms with van der Waals surface area (Å²) in [5.41, 5.74) is 0. The zero-order chi connectivity index (χ0) is 12.3. The molecule has 0 aromatic rings. The fourth-order valence-corrected chi connectivity index (χ4v) is 3.26. The first-order chi connectivity index (χ1) is 6.55. The van der Waals surface area contributed by atoms with Gasteiger partial charge in [0.05, 0.1) is 0 Å². The molecule has 88 valence electrons. The van der Waals surface area contributed by atoms with Crippen molar-refractivity contribution in [2.75, 3.05) is 0 Å². The standard InChI is InChI=1S/C4H2Cl6GeO4/c5-3(6,7)1(12)14-11-15-2(13)4(8,9)10/h11H2. The maximum absolute atomic E-state index is 10.8. The first-order valence-corrected chi connectivity index (χ1v) is 7.72. The van der Waals surface area contributed by atoms with E-state index in [1.165, 1.54) is 0 Å². The van der Waals surface area contributed by atoms with Crippen LogP contribution in [-0.4, -0.2) is 35.6 Å². The molecule has 0 radical (unpaired) electrons. The average molecular weight is 399 g/mol. The minimum atomic E-state index is -2.48. The van der Waals surface area contributed by atoms with Gasteiger partial charge in [-0.05, 0) is 0 Å². The van der Waals surface area contributed by atoms with Gasteiger partial charge in [0.2, 0.25) is 0 Å². The van der Waals surface area contributed by atoms with E-state index in [9.17, 15) is 9.59 Å². The predicted molar refractivity (Wildman–Crippen MR) is 61.3 cm³/mol. The summed E-state index contributed by atoms with van der Waals surface area (Å²) in [5, 5.41) is 0. The van der Waals surface area contributed by atoms with Gasteiger partial charge < -0.3 is 0 Å². The van der Waals surface area contributed by atoms with Crippen LogP contribution in [-0.2, 0) is 17.1 Å². The van der Waals surface area contributed by atoms with Gasteiger partial charge >= 0.3 is 122 Å². The average Bonchev–Trinajstić information content (AvgIpc) is 2.00. The number of hydrogen-bond acceptors (Lipinski definition) is 4. The third-order valence-corrected chi connectivity index (χ3v) is 3.36. The molecular formula is C4H2Cl6GeO4. The number of carbonyl (C=O) groups excluding carboxylic acids is 2. The summed E-state index contributed by atoms with van der Waals surface area (Å²) in [6.45, 7) is 0. The van der Waals surface area contributed by atoms with Crippen LogP contribution in [0.3, 0.4) is 0 Å². The van der Waals surface area contributed by atoms with Crippen molar-refractivity contribution in [2.24, 2.45) is 0 Å². The van der Waals surface area contributed by atoms with Crippen molar-refractivity contribution in [1.29, 1.82) is 0 Å². The Hall–Kier alpha value is 1.22. The van der Waals surface area contributed by atoms with Gasteiger partial charge in [0.1, 0.15) is 0 Å². The Kier molecular flexibility index (Phi) is 6.74. The van der Waals surface area contributed by atoms with E-state index >= 15 is 0 Å². The summed E-state index contributed by atoms with van der Waals surface area (Å²) in [6.07, 6.45) is 0. The van der Waals surface area contributed by atoms with Crippen molar-refractivity contribution in [2.45, 2.75) is 7.59 Å². The number of halogens is 6. The first kappa shape index (κ1) is 16.2. The molecule has 0 aliphatic carbocycles. The van der Waals surface area contributed by atoms with Gasteiger partial charge in [0.15, 0.2) is 0 Å². The zero-order valence-corrected chi connectivity index (χ0v) is 14.1. The Balaban J connectivity index is 3.92. The van der Waals surface area contributed by atoms with Gasteiger partial charge in [-0.15, -0.1) is 0 Å². The normalized spacial score (nSPS) is 12.1. The Morgan fingerprint density at radius 2 is 1.07 bits per heavy atom. The van der Waals surface area contributed by atoms with E-state index in [0.717, 1.165) is 0 Å². The Bertz CT molecular complexity index is 231. The number of alkyl halides is 6. The summed E-state index contributed by atoms with van der Waals surface area (Å²) in [7, 11) is 0. The molecule has 0 aliphatic heterocycles. The molecule has 0 bridgehead atoms. The second kappa shape index (κ2) is 6.24. The van der Waals surface area contributed by atoms with Gasteiger partial charge in [0, 0.05) is 0 Å². The van der Waals surface area contributed by atoms with Crippen molar-refractivity contribution in [3.63, 3.8) is 0 Å². The van der Waals surface area contributed by atoms with Crippen LogP contribution in [0.15, 0.2) is 0 Å². The molecule has 0 saturated carbocycles.